The number of ether oxygens (including phenoxy) is 1. The van der Waals surface area contributed by atoms with Crippen molar-refractivity contribution in [3.8, 4) is 17.0 Å². The highest BCUT2D eigenvalue weighted by Gasteiger charge is 2.11. The Kier molecular flexibility index (Phi) is 2.15. The van der Waals surface area contributed by atoms with Gasteiger partial charge in [0.2, 0.25) is 0 Å². The van der Waals surface area contributed by atoms with E-state index in [0.717, 1.165) is 27.3 Å². The molecule has 0 atom stereocenters. The Labute approximate surface area is 96.3 Å². The van der Waals surface area contributed by atoms with Crippen molar-refractivity contribution in [1.82, 2.24) is 5.16 Å². The summed E-state index contributed by atoms with van der Waals surface area (Å²) in [4.78, 5) is 0. The molecule has 0 spiro atoms. The first-order chi connectivity index (χ1) is 7.88. The van der Waals surface area contributed by atoms with Crippen LogP contribution in [0, 0.1) is 0 Å². The van der Waals surface area contributed by atoms with Crippen LogP contribution in [0.3, 0.4) is 0 Å². The number of fused-ring (bicyclic) bond motifs is 1. The molecule has 0 amide bonds. The third-order valence-corrected chi connectivity index (χ3v) is 3.35. The lowest BCUT2D eigenvalue weighted by atomic mass is 10.1. The van der Waals surface area contributed by atoms with Crippen LogP contribution in [0.15, 0.2) is 40.2 Å². The number of hydrogen-bond donors (Lipinski definition) is 0. The average molecular weight is 231 g/mol. The van der Waals surface area contributed by atoms with Gasteiger partial charge in [0, 0.05) is 5.56 Å². The van der Waals surface area contributed by atoms with Crippen LogP contribution >= 0.6 is 11.3 Å². The third-order valence-electron chi connectivity index (χ3n) is 2.44. The highest BCUT2D eigenvalue weighted by Crippen LogP contribution is 2.32. The lowest BCUT2D eigenvalue weighted by molar-refractivity contribution is 0.415. The summed E-state index contributed by atoms with van der Waals surface area (Å²) in [6.07, 6.45) is 0. The van der Waals surface area contributed by atoms with Crippen molar-refractivity contribution < 1.29 is 9.26 Å². The maximum absolute atomic E-state index is 5.23. The number of nitrogens with zero attached hydrogens (tertiary/aromatic N) is 1. The smallest absolute Gasteiger partial charge is 0.178 e. The Morgan fingerprint density at radius 3 is 2.75 bits per heavy atom. The number of thiophene rings is 1. The van der Waals surface area contributed by atoms with Crippen molar-refractivity contribution in [1.29, 1.82) is 0 Å². The van der Waals surface area contributed by atoms with Crippen molar-refractivity contribution in [3.05, 3.63) is 35.7 Å². The normalized spacial score (nSPS) is 10.8. The molecule has 0 aliphatic rings. The average Bonchev–Trinajstić information content (AvgIpc) is 2.91. The molecule has 3 rings (SSSR count). The van der Waals surface area contributed by atoms with Crippen molar-refractivity contribution in [2.24, 2.45) is 0 Å². The zero-order chi connectivity index (χ0) is 11.0. The third kappa shape index (κ3) is 1.39. The molecule has 1 aromatic carbocycles. The molecule has 2 aromatic heterocycles. The van der Waals surface area contributed by atoms with E-state index in [1.165, 1.54) is 0 Å². The van der Waals surface area contributed by atoms with E-state index in [-0.39, 0.29) is 0 Å². The lowest BCUT2D eigenvalue weighted by Gasteiger charge is -1.99. The van der Waals surface area contributed by atoms with Crippen molar-refractivity contribution in [2.75, 3.05) is 7.11 Å². The molecule has 0 bridgehead atoms. The monoisotopic (exact) mass is 231 g/mol. The first-order valence-corrected chi connectivity index (χ1v) is 5.74. The van der Waals surface area contributed by atoms with Gasteiger partial charge in [-0.3, -0.25) is 0 Å². The van der Waals surface area contributed by atoms with Gasteiger partial charge in [0.15, 0.2) is 5.58 Å². The van der Waals surface area contributed by atoms with Crippen LogP contribution in [0.5, 0.6) is 5.75 Å². The van der Waals surface area contributed by atoms with Gasteiger partial charge in [-0.25, -0.2) is 0 Å². The molecule has 80 valence electrons. The molecule has 4 heteroatoms. The highest BCUT2D eigenvalue weighted by atomic mass is 32.1. The van der Waals surface area contributed by atoms with Crippen LogP contribution in [0.2, 0.25) is 0 Å². The molecule has 2 heterocycles. The predicted molar refractivity (Wildman–Crippen MR) is 63.9 cm³/mol. The van der Waals surface area contributed by atoms with Gasteiger partial charge in [-0.15, -0.1) is 11.3 Å². The first-order valence-electron chi connectivity index (χ1n) is 4.86. The number of rotatable bonds is 2. The van der Waals surface area contributed by atoms with Crippen molar-refractivity contribution in [2.45, 2.75) is 0 Å². The molecule has 0 saturated carbocycles. The Morgan fingerprint density at radius 1 is 1.19 bits per heavy atom. The summed E-state index contributed by atoms with van der Waals surface area (Å²) in [6.45, 7) is 0. The summed E-state index contributed by atoms with van der Waals surface area (Å²) < 4.78 is 11.4. The maximum Gasteiger partial charge on any atom is 0.178 e. The van der Waals surface area contributed by atoms with Crippen LogP contribution in [0.25, 0.3) is 21.5 Å². The summed E-state index contributed by atoms with van der Waals surface area (Å²) in [5, 5.41) is 6.08. The predicted octanol–water partition coefficient (Wildman–Crippen LogP) is 3.56. The van der Waals surface area contributed by atoms with Crippen LogP contribution in [-0.4, -0.2) is 12.3 Å². The molecule has 0 fully saturated rings. The van der Waals surface area contributed by atoms with Gasteiger partial charge in [0.05, 0.1) is 7.11 Å². The fourth-order valence-electron chi connectivity index (χ4n) is 1.61. The standard InChI is InChI=1S/C12H9NO2S/c1-14-9-4-2-8(3-5-9)11-12-10(15-13-11)6-7-16-12/h2-7H,1H3. The van der Waals surface area contributed by atoms with Gasteiger partial charge in [0.25, 0.3) is 0 Å². The molecule has 16 heavy (non-hydrogen) atoms. The number of methoxy groups -OCH3 is 1. The summed E-state index contributed by atoms with van der Waals surface area (Å²) in [5.74, 6) is 0.842. The second-order valence-corrected chi connectivity index (χ2v) is 4.29. The highest BCUT2D eigenvalue weighted by molar-refractivity contribution is 7.17. The van der Waals surface area contributed by atoms with Gasteiger partial charge in [-0.1, -0.05) is 5.16 Å². The Hall–Kier alpha value is -1.81. The van der Waals surface area contributed by atoms with Crippen LogP contribution in [0.4, 0.5) is 0 Å². The fraction of sp³-hybridized carbons (Fsp3) is 0.0833. The zero-order valence-electron chi connectivity index (χ0n) is 8.64. The molecule has 3 aromatic rings. The minimum atomic E-state index is 0.842. The summed E-state index contributed by atoms with van der Waals surface area (Å²) >= 11 is 1.64. The van der Waals surface area contributed by atoms with E-state index in [1.54, 1.807) is 18.4 Å². The Bertz CT molecular complexity index is 609. The molecule has 0 aliphatic carbocycles. The van der Waals surface area contributed by atoms with E-state index in [9.17, 15) is 0 Å². The molecule has 3 nitrogen and oxygen atoms in total. The molecule has 0 unspecified atom stereocenters. The molecule has 0 aliphatic heterocycles. The van der Waals surface area contributed by atoms with Gasteiger partial charge >= 0.3 is 0 Å². The van der Waals surface area contributed by atoms with Gasteiger partial charge in [0.1, 0.15) is 16.1 Å². The number of aromatic nitrogens is 1. The Morgan fingerprint density at radius 2 is 2.00 bits per heavy atom. The fourth-order valence-corrected chi connectivity index (χ4v) is 2.43. The van der Waals surface area contributed by atoms with Crippen LogP contribution in [-0.2, 0) is 0 Å². The van der Waals surface area contributed by atoms with Gasteiger partial charge in [-0.2, -0.15) is 0 Å². The molecular formula is C12H9NO2S. The summed E-state index contributed by atoms with van der Waals surface area (Å²) in [7, 11) is 1.66. The Balaban J connectivity index is 2.12. The van der Waals surface area contributed by atoms with E-state index in [0.29, 0.717) is 0 Å². The SMILES string of the molecule is COc1ccc(-c2noc3ccsc23)cc1. The maximum atomic E-state index is 5.23. The molecule has 0 N–H and O–H groups in total. The molecule has 0 radical (unpaired) electrons. The molecule has 0 saturated heterocycles. The lowest BCUT2D eigenvalue weighted by Crippen LogP contribution is -1.82. The van der Waals surface area contributed by atoms with E-state index < -0.39 is 0 Å². The minimum absolute atomic E-state index is 0.842. The van der Waals surface area contributed by atoms with Crippen molar-refractivity contribution in [3.63, 3.8) is 0 Å². The quantitative estimate of drug-likeness (QED) is 0.676. The van der Waals surface area contributed by atoms with E-state index in [4.69, 9.17) is 9.26 Å². The topological polar surface area (TPSA) is 35.3 Å². The summed E-state index contributed by atoms with van der Waals surface area (Å²) in [6, 6.07) is 9.73. The van der Waals surface area contributed by atoms with E-state index in [1.807, 2.05) is 35.7 Å². The first kappa shape index (κ1) is 9.42. The summed E-state index contributed by atoms with van der Waals surface area (Å²) in [5.41, 5.74) is 2.78. The van der Waals surface area contributed by atoms with Crippen LogP contribution in [0.1, 0.15) is 0 Å². The van der Waals surface area contributed by atoms with Crippen LogP contribution < -0.4 is 4.74 Å². The van der Waals surface area contributed by atoms with Crippen molar-refractivity contribution >= 4 is 21.6 Å². The van der Waals surface area contributed by atoms with Gasteiger partial charge in [-0.05, 0) is 35.7 Å². The largest absolute Gasteiger partial charge is 0.497 e. The molecular weight excluding hydrogens is 222 g/mol. The minimum Gasteiger partial charge on any atom is -0.497 e. The van der Waals surface area contributed by atoms with Gasteiger partial charge < -0.3 is 9.26 Å². The van der Waals surface area contributed by atoms with E-state index in [2.05, 4.69) is 5.16 Å². The number of benzene rings is 1. The van der Waals surface area contributed by atoms with E-state index >= 15 is 0 Å². The zero-order valence-corrected chi connectivity index (χ0v) is 9.45. The second kappa shape index (κ2) is 3.64. The number of hydrogen-bond acceptors (Lipinski definition) is 4. The second-order valence-electron chi connectivity index (χ2n) is 3.37.